The highest BCUT2D eigenvalue weighted by atomic mass is 35.5. The number of aryl methyl sites for hydroxylation is 1. The predicted octanol–water partition coefficient (Wildman–Crippen LogP) is 2.90. The number of aromatic amines is 1. The van der Waals surface area contributed by atoms with Crippen LogP contribution in [0, 0.1) is 6.92 Å². The molecule has 1 aromatic carbocycles. The molecule has 0 aliphatic carbocycles. The van der Waals surface area contributed by atoms with Gasteiger partial charge in [-0.1, -0.05) is 17.7 Å². The van der Waals surface area contributed by atoms with E-state index in [1.54, 1.807) is 31.5 Å². The molecule has 0 saturated carbocycles. The molecule has 1 N–H and O–H groups in total. The third kappa shape index (κ3) is 2.59. The number of rotatable bonds is 3. The van der Waals surface area contributed by atoms with E-state index >= 15 is 0 Å². The van der Waals surface area contributed by atoms with Gasteiger partial charge in [-0.05, 0) is 37.5 Å². The van der Waals surface area contributed by atoms with Gasteiger partial charge in [0, 0.05) is 24.0 Å². The van der Waals surface area contributed by atoms with Crippen molar-refractivity contribution in [1.82, 2.24) is 14.3 Å². The first-order valence-electron chi connectivity index (χ1n) is 6.77. The molecule has 0 amide bonds. The molecule has 1 atom stereocenters. The van der Waals surface area contributed by atoms with Crippen LogP contribution in [0.3, 0.4) is 0 Å². The van der Waals surface area contributed by atoms with Crippen LogP contribution in [-0.2, 0) is 10.0 Å². The molecule has 21 heavy (non-hydrogen) atoms. The normalized spacial score (nSPS) is 20.0. The van der Waals surface area contributed by atoms with Crippen LogP contribution in [0.4, 0.5) is 0 Å². The molecule has 3 rings (SSSR count). The lowest BCUT2D eigenvalue weighted by molar-refractivity contribution is 0.385. The van der Waals surface area contributed by atoms with Gasteiger partial charge < -0.3 is 4.98 Å². The van der Waals surface area contributed by atoms with Crippen molar-refractivity contribution in [3.8, 4) is 0 Å². The predicted molar refractivity (Wildman–Crippen MR) is 80.6 cm³/mol. The Morgan fingerprint density at radius 2 is 2.24 bits per heavy atom. The van der Waals surface area contributed by atoms with E-state index in [4.69, 9.17) is 11.6 Å². The van der Waals surface area contributed by atoms with E-state index in [1.807, 2.05) is 0 Å². The summed E-state index contributed by atoms with van der Waals surface area (Å²) in [6.45, 7) is 2.28. The van der Waals surface area contributed by atoms with E-state index < -0.39 is 10.0 Å². The summed E-state index contributed by atoms with van der Waals surface area (Å²) < 4.78 is 27.4. The number of aromatic nitrogens is 2. The maximum absolute atomic E-state index is 12.9. The average molecular weight is 326 g/mol. The molecule has 0 spiro atoms. The molecule has 1 aliphatic heterocycles. The molecule has 1 saturated heterocycles. The summed E-state index contributed by atoms with van der Waals surface area (Å²) in [4.78, 5) is 7.49. The average Bonchev–Trinajstić information content (AvgIpc) is 3.10. The maximum atomic E-state index is 12.9. The van der Waals surface area contributed by atoms with Gasteiger partial charge in [0.2, 0.25) is 10.0 Å². The lowest BCUT2D eigenvalue weighted by atomic mass is 10.2. The van der Waals surface area contributed by atoms with Gasteiger partial charge in [-0.3, -0.25) is 0 Å². The van der Waals surface area contributed by atoms with Gasteiger partial charge >= 0.3 is 0 Å². The van der Waals surface area contributed by atoms with E-state index in [1.165, 1.54) is 10.4 Å². The third-order valence-electron chi connectivity index (χ3n) is 3.78. The van der Waals surface area contributed by atoms with Crippen molar-refractivity contribution in [1.29, 1.82) is 0 Å². The first kappa shape index (κ1) is 14.6. The van der Waals surface area contributed by atoms with Gasteiger partial charge in [0.15, 0.2) is 0 Å². The van der Waals surface area contributed by atoms with Crippen LogP contribution in [0.2, 0.25) is 5.02 Å². The second-order valence-corrected chi connectivity index (χ2v) is 7.45. The Bertz CT molecular complexity index is 744. The van der Waals surface area contributed by atoms with Crippen molar-refractivity contribution >= 4 is 21.6 Å². The van der Waals surface area contributed by atoms with Crippen molar-refractivity contribution in [2.45, 2.75) is 30.7 Å². The lowest BCUT2D eigenvalue weighted by Crippen LogP contribution is -2.31. The monoisotopic (exact) mass is 325 g/mol. The summed E-state index contributed by atoms with van der Waals surface area (Å²) in [5.41, 5.74) is 0.699. The number of sulfonamides is 1. The van der Waals surface area contributed by atoms with Crippen molar-refractivity contribution in [2.24, 2.45) is 0 Å². The molecular formula is C14H16ClN3O2S. The molecule has 0 radical (unpaired) electrons. The van der Waals surface area contributed by atoms with Crippen LogP contribution < -0.4 is 0 Å². The van der Waals surface area contributed by atoms with E-state index in [0.29, 0.717) is 23.0 Å². The number of imidazole rings is 1. The summed E-state index contributed by atoms with van der Waals surface area (Å²) in [5, 5.41) is 0.424. The van der Waals surface area contributed by atoms with Crippen molar-refractivity contribution in [3.05, 3.63) is 47.0 Å². The fraction of sp³-hybridized carbons (Fsp3) is 0.357. The van der Waals surface area contributed by atoms with Crippen LogP contribution in [-0.4, -0.2) is 29.2 Å². The molecule has 0 bridgehead atoms. The molecule has 7 heteroatoms. The summed E-state index contributed by atoms with van der Waals surface area (Å²) in [6.07, 6.45) is 4.95. The fourth-order valence-electron chi connectivity index (χ4n) is 2.74. The van der Waals surface area contributed by atoms with Crippen LogP contribution in [0.5, 0.6) is 0 Å². The summed E-state index contributed by atoms with van der Waals surface area (Å²) in [7, 11) is -3.58. The standard InChI is InChI=1S/C14H16ClN3O2S/c1-10-4-5-11(15)9-13(10)21(19,20)18-8-2-3-12(18)14-16-6-7-17-14/h4-7,9,12H,2-3,8H2,1H3,(H,16,17)/t12-/m0/s1. The highest BCUT2D eigenvalue weighted by molar-refractivity contribution is 7.89. The quantitative estimate of drug-likeness (QED) is 0.943. The third-order valence-corrected chi connectivity index (χ3v) is 6.06. The Balaban J connectivity index is 2.03. The molecular weight excluding hydrogens is 310 g/mol. The topological polar surface area (TPSA) is 66.1 Å². The number of hydrogen-bond donors (Lipinski definition) is 1. The minimum absolute atomic E-state index is 0.233. The number of hydrogen-bond acceptors (Lipinski definition) is 3. The fourth-order valence-corrected chi connectivity index (χ4v) is 4.89. The summed E-state index contributed by atoms with van der Waals surface area (Å²) in [6, 6.07) is 4.71. The molecule has 1 aromatic heterocycles. The Morgan fingerprint density at radius 1 is 1.43 bits per heavy atom. The Hall–Kier alpha value is -1.37. The van der Waals surface area contributed by atoms with E-state index in [2.05, 4.69) is 9.97 Å². The van der Waals surface area contributed by atoms with Crippen LogP contribution in [0.1, 0.15) is 30.3 Å². The van der Waals surface area contributed by atoms with Crippen molar-refractivity contribution in [2.75, 3.05) is 6.54 Å². The number of halogens is 1. The minimum Gasteiger partial charge on any atom is -0.347 e. The number of nitrogens with one attached hydrogen (secondary N) is 1. The van der Waals surface area contributed by atoms with Gasteiger partial charge in [-0.2, -0.15) is 4.31 Å². The van der Waals surface area contributed by atoms with Crippen molar-refractivity contribution in [3.63, 3.8) is 0 Å². The molecule has 0 unspecified atom stereocenters. The van der Waals surface area contributed by atoms with E-state index in [0.717, 1.165) is 12.8 Å². The molecule has 2 heterocycles. The van der Waals surface area contributed by atoms with Gasteiger partial charge in [-0.25, -0.2) is 13.4 Å². The number of benzene rings is 1. The summed E-state index contributed by atoms with van der Waals surface area (Å²) in [5.74, 6) is 0.691. The van der Waals surface area contributed by atoms with Gasteiger partial charge in [0.05, 0.1) is 10.9 Å². The zero-order valence-electron chi connectivity index (χ0n) is 11.6. The molecule has 112 valence electrons. The van der Waals surface area contributed by atoms with Gasteiger partial charge in [0.25, 0.3) is 0 Å². The Morgan fingerprint density at radius 3 is 2.95 bits per heavy atom. The SMILES string of the molecule is Cc1ccc(Cl)cc1S(=O)(=O)N1CCC[C@H]1c1ncc[nH]1. The van der Waals surface area contributed by atoms with Gasteiger partial charge in [0.1, 0.15) is 5.82 Å². The van der Waals surface area contributed by atoms with Crippen LogP contribution in [0.25, 0.3) is 0 Å². The molecule has 5 nitrogen and oxygen atoms in total. The molecule has 2 aromatic rings. The highest BCUT2D eigenvalue weighted by Gasteiger charge is 2.38. The largest absolute Gasteiger partial charge is 0.347 e. The Kier molecular flexibility index (Phi) is 3.77. The smallest absolute Gasteiger partial charge is 0.244 e. The Labute approximate surface area is 129 Å². The van der Waals surface area contributed by atoms with Crippen molar-refractivity contribution < 1.29 is 8.42 Å². The zero-order valence-corrected chi connectivity index (χ0v) is 13.2. The van der Waals surface area contributed by atoms with E-state index in [9.17, 15) is 8.42 Å². The first-order chi connectivity index (χ1) is 10.00. The first-order valence-corrected chi connectivity index (χ1v) is 8.59. The lowest BCUT2D eigenvalue weighted by Gasteiger charge is -2.23. The summed E-state index contributed by atoms with van der Waals surface area (Å²) >= 11 is 5.96. The molecule has 1 aliphatic rings. The minimum atomic E-state index is -3.58. The number of H-pyrrole nitrogens is 1. The van der Waals surface area contributed by atoms with E-state index in [-0.39, 0.29) is 10.9 Å². The second-order valence-electron chi connectivity index (χ2n) is 5.16. The zero-order chi connectivity index (χ0) is 15.0. The highest BCUT2D eigenvalue weighted by Crippen LogP contribution is 2.36. The van der Waals surface area contributed by atoms with Crippen LogP contribution >= 0.6 is 11.6 Å². The number of nitrogens with zero attached hydrogens (tertiary/aromatic N) is 2. The second kappa shape index (κ2) is 5.44. The van der Waals surface area contributed by atoms with Gasteiger partial charge in [-0.15, -0.1) is 0 Å². The maximum Gasteiger partial charge on any atom is 0.244 e. The van der Waals surface area contributed by atoms with Crippen LogP contribution in [0.15, 0.2) is 35.5 Å². The molecule has 1 fully saturated rings.